The Morgan fingerprint density at radius 1 is 0.857 bits per heavy atom. The molecular formula is C17H9FO3. The molecule has 1 aliphatic rings. The predicted molar refractivity (Wildman–Crippen MR) is 73.9 cm³/mol. The first-order chi connectivity index (χ1) is 10.1. The SMILES string of the molecule is O=C(C1=CC(=O)c2ccccc2C1=O)c1ccccc1F. The Kier molecular flexibility index (Phi) is 3.06. The van der Waals surface area contributed by atoms with E-state index in [4.69, 9.17) is 0 Å². The third-order valence-corrected chi connectivity index (χ3v) is 3.32. The van der Waals surface area contributed by atoms with Crippen molar-refractivity contribution in [1.29, 1.82) is 0 Å². The van der Waals surface area contributed by atoms with Gasteiger partial charge in [-0.25, -0.2) is 4.39 Å². The van der Waals surface area contributed by atoms with Crippen LogP contribution in [0.15, 0.2) is 60.2 Å². The van der Waals surface area contributed by atoms with E-state index in [-0.39, 0.29) is 22.3 Å². The molecule has 2 aromatic rings. The van der Waals surface area contributed by atoms with Gasteiger partial charge in [-0.2, -0.15) is 0 Å². The fourth-order valence-corrected chi connectivity index (χ4v) is 2.27. The maximum Gasteiger partial charge on any atom is 0.200 e. The summed E-state index contributed by atoms with van der Waals surface area (Å²) in [5.41, 5.74) is -0.0923. The molecule has 4 heteroatoms. The summed E-state index contributed by atoms with van der Waals surface area (Å²) in [6.07, 6.45) is 0.986. The average molecular weight is 280 g/mol. The number of benzene rings is 2. The summed E-state index contributed by atoms with van der Waals surface area (Å²) >= 11 is 0. The number of allylic oxidation sites excluding steroid dienone is 2. The monoisotopic (exact) mass is 280 g/mol. The molecule has 21 heavy (non-hydrogen) atoms. The molecule has 0 N–H and O–H groups in total. The Balaban J connectivity index is 2.09. The van der Waals surface area contributed by atoms with Crippen LogP contribution in [0.2, 0.25) is 0 Å². The highest BCUT2D eigenvalue weighted by molar-refractivity contribution is 6.37. The zero-order valence-electron chi connectivity index (χ0n) is 10.8. The Labute approximate surface area is 119 Å². The van der Waals surface area contributed by atoms with E-state index in [0.29, 0.717) is 0 Å². The van der Waals surface area contributed by atoms with Gasteiger partial charge < -0.3 is 0 Å². The van der Waals surface area contributed by atoms with E-state index in [0.717, 1.165) is 12.1 Å². The molecule has 0 amide bonds. The summed E-state index contributed by atoms with van der Waals surface area (Å²) in [5, 5.41) is 0. The van der Waals surface area contributed by atoms with Crippen LogP contribution in [0.25, 0.3) is 0 Å². The second-order valence-corrected chi connectivity index (χ2v) is 4.61. The Morgan fingerprint density at radius 2 is 1.48 bits per heavy atom. The molecule has 0 bridgehead atoms. The first-order valence-electron chi connectivity index (χ1n) is 6.28. The number of carbonyl (C=O) groups is 3. The van der Waals surface area contributed by atoms with Crippen LogP contribution in [-0.4, -0.2) is 17.3 Å². The summed E-state index contributed by atoms with van der Waals surface area (Å²) < 4.78 is 13.7. The standard InChI is InChI=1S/C17H9FO3/c18-14-8-4-3-7-12(14)17(21)13-9-15(19)10-5-1-2-6-11(10)16(13)20/h1-9H. The van der Waals surface area contributed by atoms with Crippen molar-refractivity contribution in [2.24, 2.45) is 0 Å². The molecule has 0 saturated heterocycles. The van der Waals surface area contributed by atoms with E-state index in [9.17, 15) is 18.8 Å². The lowest BCUT2D eigenvalue weighted by Gasteiger charge is -2.14. The normalized spacial score (nSPS) is 13.7. The second-order valence-electron chi connectivity index (χ2n) is 4.61. The van der Waals surface area contributed by atoms with E-state index in [1.54, 1.807) is 12.1 Å². The highest BCUT2D eigenvalue weighted by atomic mass is 19.1. The van der Waals surface area contributed by atoms with Crippen molar-refractivity contribution in [1.82, 2.24) is 0 Å². The summed E-state index contributed by atoms with van der Waals surface area (Å²) in [6.45, 7) is 0. The van der Waals surface area contributed by atoms with E-state index < -0.39 is 23.2 Å². The molecule has 0 fully saturated rings. The van der Waals surface area contributed by atoms with Gasteiger partial charge in [0, 0.05) is 17.2 Å². The molecule has 3 nitrogen and oxygen atoms in total. The van der Waals surface area contributed by atoms with Crippen LogP contribution in [-0.2, 0) is 0 Å². The van der Waals surface area contributed by atoms with Crippen molar-refractivity contribution in [3.8, 4) is 0 Å². The van der Waals surface area contributed by atoms with E-state index in [1.807, 2.05) is 0 Å². The van der Waals surface area contributed by atoms with Crippen molar-refractivity contribution in [2.75, 3.05) is 0 Å². The highest BCUT2D eigenvalue weighted by Gasteiger charge is 2.30. The number of hydrogen-bond acceptors (Lipinski definition) is 3. The second kappa shape index (κ2) is 4.90. The largest absolute Gasteiger partial charge is 0.289 e. The minimum absolute atomic E-state index is 0.171. The van der Waals surface area contributed by atoms with Gasteiger partial charge in [-0.3, -0.25) is 14.4 Å². The van der Waals surface area contributed by atoms with Crippen molar-refractivity contribution in [2.45, 2.75) is 0 Å². The molecular weight excluding hydrogens is 271 g/mol. The van der Waals surface area contributed by atoms with Gasteiger partial charge in [0.15, 0.2) is 17.3 Å². The van der Waals surface area contributed by atoms with Crippen molar-refractivity contribution in [3.63, 3.8) is 0 Å². The first-order valence-corrected chi connectivity index (χ1v) is 6.28. The molecule has 0 aliphatic heterocycles. The molecule has 2 aromatic carbocycles. The minimum Gasteiger partial charge on any atom is -0.289 e. The molecule has 0 heterocycles. The molecule has 1 aliphatic carbocycles. The van der Waals surface area contributed by atoms with Crippen molar-refractivity contribution >= 4 is 17.3 Å². The third kappa shape index (κ3) is 2.10. The Morgan fingerprint density at radius 3 is 2.19 bits per heavy atom. The van der Waals surface area contributed by atoms with Gasteiger partial charge in [0.25, 0.3) is 0 Å². The molecule has 0 radical (unpaired) electrons. The van der Waals surface area contributed by atoms with E-state index in [2.05, 4.69) is 0 Å². The van der Waals surface area contributed by atoms with Gasteiger partial charge in [-0.1, -0.05) is 36.4 Å². The van der Waals surface area contributed by atoms with Crippen LogP contribution in [0.3, 0.4) is 0 Å². The molecule has 0 aromatic heterocycles. The number of Topliss-reactive ketones (excluding diaryl/α,β-unsaturated/α-hetero) is 2. The zero-order valence-corrected chi connectivity index (χ0v) is 10.8. The van der Waals surface area contributed by atoms with E-state index in [1.165, 1.54) is 30.3 Å². The third-order valence-electron chi connectivity index (χ3n) is 3.32. The van der Waals surface area contributed by atoms with Gasteiger partial charge in [0.1, 0.15) is 5.82 Å². The number of carbonyl (C=O) groups excluding carboxylic acids is 3. The number of halogens is 1. The average Bonchev–Trinajstić information content (AvgIpc) is 2.51. The number of rotatable bonds is 2. The Hall–Kier alpha value is -2.88. The van der Waals surface area contributed by atoms with E-state index >= 15 is 0 Å². The van der Waals surface area contributed by atoms with Crippen molar-refractivity contribution in [3.05, 3.63) is 82.7 Å². The molecule has 0 saturated carbocycles. The fraction of sp³-hybridized carbons (Fsp3) is 0. The summed E-state index contributed by atoms with van der Waals surface area (Å²) in [4.78, 5) is 36.6. The molecule has 102 valence electrons. The van der Waals surface area contributed by atoms with Crippen LogP contribution < -0.4 is 0 Å². The predicted octanol–water partition coefficient (Wildman–Crippen LogP) is 3.01. The maximum absolute atomic E-state index is 13.7. The molecule has 0 unspecified atom stereocenters. The molecule has 0 atom stereocenters. The van der Waals surface area contributed by atoms with Crippen LogP contribution in [0.5, 0.6) is 0 Å². The topological polar surface area (TPSA) is 51.2 Å². The first kappa shape index (κ1) is 13.1. The van der Waals surface area contributed by atoms with Gasteiger partial charge in [-0.15, -0.1) is 0 Å². The quantitative estimate of drug-likeness (QED) is 0.627. The smallest absolute Gasteiger partial charge is 0.200 e. The van der Waals surface area contributed by atoms with Crippen LogP contribution in [0.4, 0.5) is 4.39 Å². The number of hydrogen-bond donors (Lipinski definition) is 0. The lowest BCUT2D eigenvalue weighted by molar-refractivity contribution is 0.0933. The van der Waals surface area contributed by atoms with Gasteiger partial charge >= 0.3 is 0 Å². The van der Waals surface area contributed by atoms with Crippen LogP contribution in [0, 0.1) is 5.82 Å². The summed E-state index contributed by atoms with van der Waals surface area (Å²) in [5.74, 6) is -2.48. The minimum atomic E-state index is -0.777. The zero-order chi connectivity index (χ0) is 15.0. The highest BCUT2D eigenvalue weighted by Crippen LogP contribution is 2.24. The van der Waals surface area contributed by atoms with Crippen LogP contribution >= 0.6 is 0 Å². The number of ketones is 3. The van der Waals surface area contributed by atoms with Gasteiger partial charge in [-0.05, 0) is 12.1 Å². The maximum atomic E-state index is 13.7. The van der Waals surface area contributed by atoms with Crippen LogP contribution in [0.1, 0.15) is 31.1 Å². The lowest BCUT2D eigenvalue weighted by Crippen LogP contribution is -2.22. The molecule has 0 spiro atoms. The summed E-state index contributed by atoms with van der Waals surface area (Å²) in [7, 11) is 0. The fourth-order valence-electron chi connectivity index (χ4n) is 2.27. The Bertz CT molecular complexity index is 818. The lowest BCUT2D eigenvalue weighted by atomic mass is 9.86. The van der Waals surface area contributed by atoms with Gasteiger partial charge in [0.2, 0.25) is 0 Å². The van der Waals surface area contributed by atoms with Gasteiger partial charge in [0.05, 0.1) is 11.1 Å². The molecule has 3 rings (SSSR count). The number of fused-ring (bicyclic) bond motifs is 1. The van der Waals surface area contributed by atoms with Crippen molar-refractivity contribution < 1.29 is 18.8 Å². The summed E-state index contributed by atoms with van der Waals surface area (Å²) in [6, 6.07) is 11.6.